The van der Waals surface area contributed by atoms with Crippen molar-refractivity contribution >= 4 is 12.4 Å². The Balaban J connectivity index is 0. The minimum Gasteiger partial charge on any atom is -0.384 e. The zero-order valence-corrected chi connectivity index (χ0v) is 7.00. The lowest BCUT2D eigenvalue weighted by Crippen LogP contribution is -2.28. The maximum Gasteiger partial charge on any atom is 0.414 e. The second kappa shape index (κ2) is 5.66. The topological polar surface area (TPSA) is 20.2 Å². The molecule has 0 spiro atoms. The predicted molar refractivity (Wildman–Crippen MR) is 38.8 cm³/mol. The quantitative estimate of drug-likeness (QED) is 0.729. The zero-order valence-electron chi connectivity index (χ0n) is 6.19. The Labute approximate surface area is 70.0 Å². The molecule has 1 unspecified atom stereocenters. The summed E-state index contributed by atoms with van der Waals surface area (Å²) >= 11 is 0. The fourth-order valence-corrected chi connectivity index (χ4v) is 0.561. The predicted octanol–water partition coefficient (Wildman–Crippen LogP) is 2.52. The van der Waals surface area contributed by atoms with Crippen molar-refractivity contribution < 1.29 is 18.3 Å². The number of unbranched alkanes of at least 4 members (excludes halogenated alkanes) is 1. The molecule has 1 nitrogen and oxygen atoms in total. The fraction of sp³-hybridized carbons (Fsp3) is 1.00. The minimum absolute atomic E-state index is 0. The van der Waals surface area contributed by atoms with E-state index in [-0.39, 0.29) is 18.8 Å². The van der Waals surface area contributed by atoms with Crippen LogP contribution in [0.15, 0.2) is 0 Å². The Kier molecular flexibility index (Phi) is 7.01. The van der Waals surface area contributed by atoms with E-state index >= 15 is 0 Å². The molecule has 0 aromatic heterocycles. The molecular weight excluding hydrogens is 181 g/mol. The van der Waals surface area contributed by atoms with Crippen LogP contribution in [0.1, 0.15) is 26.2 Å². The first-order valence-corrected chi connectivity index (χ1v) is 3.23. The van der Waals surface area contributed by atoms with Gasteiger partial charge in [0.2, 0.25) is 0 Å². The lowest BCUT2D eigenvalue weighted by molar-refractivity contribution is -0.205. The normalized spacial score (nSPS) is 13.9. The number of alkyl halides is 3. The molecule has 0 bridgehead atoms. The molecule has 0 aliphatic carbocycles. The van der Waals surface area contributed by atoms with Crippen LogP contribution in [0.2, 0.25) is 0 Å². The van der Waals surface area contributed by atoms with Gasteiger partial charge < -0.3 is 5.11 Å². The van der Waals surface area contributed by atoms with Gasteiger partial charge in [-0.15, -0.1) is 12.4 Å². The first-order valence-electron chi connectivity index (χ1n) is 3.23. The van der Waals surface area contributed by atoms with E-state index in [1.54, 1.807) is 6.92 Å². The Bertz CT molecular complexity index is 94.3. The van der Waals surface area contributed by atoms with Crippen molar-refractivity contribution in [2.45, 2.75) is 38.5 Å². The number of aliphatic hydroxyl groups excluding tert-OH is 1. The number of hydrogen-bond acceptors (Lipinski definition) is 1. The first-order chi connectivity index (χ1) is 4.48. The molecule has 0 aliphatic rings. The molecule has 70 valence electrons. The summed E-state index contributed by atoms with van der Waals surface area (Å²) < 4.78 is 34.6. The summed E-state index contributed by atoms with van der Waals surface area (Å²) in [5, 5.41) is 8.39. The minimum atomic E-state index is -4.44. The van der Waals surface area contributed by atoms with Gasteiger partial charge in [0, 0.05) is 0 Å². The van der Waals surface area contributed by atoms with Gasteiger partial charge >= 0.3 is 6.18 Å². The third-order valence-corrected chi connectivity index (χ3v) is 1.21. The SMILES string of the molecule is CCCCC(O)C(F)(F)F.Cl. The number of halogens is 4. The Morgan fingerprint density at radius 1 is 1.36 bits per heavy atom. The molecule has 0 saturated carbocycles. The van der Waals surface area contributed by atoms with Crippen LogP contribution in [0, 0.1) is 0 Å². The van der Waals surface area contributed by atoms with E-state index in [4.69, 9.17) is 5.11 Å². The highest BCUT2D eigenvalue weighted by molar-refractivity contribution is 5.85. The fourth-order valence-electron chi connectivity index (χ4n) is 0.561. The summed E-state index contributed by atoms with van der Waals surface area (Å²) in [7, 11) is 0. The molecule has 0 amide bonds. The largest absolute Gasteiger partial charge is 0.414 e. The van der Waals surface area contributed by atoms with Crippen LogP contribution in [0.25, 0.3) is 0 Å². The molecular formula is C6H12ClF3O. The van der Waals surface area contributed by atoms with Crippen LogP contribution in [0.3, 0.4) is 0 Å². The summed E-state index contributed by atoms with van der Waals surface area (Å²) in [4.78, 5) is 0. The third-order valence-electron chi connectivity index (χ3n) is 1.21. The van der Waals surface area contributed by atoms with Crippen molar-refractivity contribution in [1.29, 1.82) is 0 Å². The van der Waals surface area contributed by atoms with Crippen molar-refractivity contribution in [2.75, 3.05) is 0 Å². The highest BCUT2D eigenvalue weighted by Gasteiger charge is 2.37. The van der Waals surface area contributed by atoms with Crippen molar-refractivity contribution in [3.63, 3.8) is 0 Å². The van der Waals surface area contributed by atoms with Crippen LogP contribution in [0.4, 0.5) is 13.2 Å². The van der Waals surface area contributed by atoms with Crippen molar-refractivity contribution in [1.82, 2.24) is 0 Å². The summed E-state index contributed by atoms with van der Waals surface area (Å²) in [6.45, 7) is 1.78. The molecule has 0 fully saturated rings. The molecule has 1 atom stereocenters. The second-order valence-electron chi connectivity index (χ2n) is 2.20. The van der Waals surface area contributed by atoms with Gasteiger partial charge in [-0.3, -0.25) is 0 Å². The van der Waals surface area contributed by atoms with Gasteiger partial charge in [-0.2, -0.15) is 13.2 Å². The van der Waals surface area contributed by atoms with Gasteiger partial charge in [-0.25, -0.2) is 0 Å². The van der Waals surface area contributed by atoms with Gasteiger partial charge in [0.15, 0.2) is 0 Å². The molecule has 1 N–H and O–H groups in total. The van der Waals surface area contributed by atoms with E-state index < -0.39 is 12.3 Å². The summed E-state index contributed by atoms with van der Waals surface area (Å²) in [6.07, 6.45) is -5.66. The molecule has 0 aromatic carbocycles. The number of aliphatic hydroxyl groups is 1. The van der Waals surface area contributed by atoms with E-state index in [1.807, 2.05) is 0 Å². The highest BCUT2D eigenvalue weighted by atomic mass is 35.5. The van der Waals surface area contributed by atoms with Crippen molar-refractivity contribution in [2.24, 2.45) is 0 Å². The van der Waals surface area contributed by atoms with Crippen molar-refractivity contribution in [3.05, 3.63) is 0 Å². The molecule has 5 heteroatoms. The smallest absolute Gasteiger partial charge is 0.384 e. The first kappa shape index (κ1) is 13.6. The van der Waals surface area contributed by atoms with E-state index in [0.29, 0.717) is 12.8 Å². The number of hydrogen-bond donors (Lipinski definition) is 1. The summed E-state index contributed by atoms with van der Waals surface area (Å²) in [6, 6.07) is 0. The average molecular weight is 193 g/mol. The lowest BCUT2D eigenvalue weighted by atomic mass is 10.1. The Morgan fingerprint density at radius 3 is 2.09 bits per heavy atom. The number of rotatable bonds is 3. The van der Waals surface area contributed by atoms with Gasteiger partial charge in [0.05, 0.1) is 0 Å². The van der Waals surface area contributed by atoms with Crippen LogP contribution >= 0.6 is 12.4 Å². The molecule has 0 saturated heterocycles. The van der Waals surface area contributed by atoms with E-state index in [0.717, 1.165) is 0 Å². The summed E-state index contributed by atoms with van der Waals surface area (Å²) in [5.74, 6) is 0. The maximum absolute atomic E-state index is 11.5. The molecule has 0 radical (unpaired) electrons. The summed E-state index contributed by atoms with van der Waals surface area (Å²) in [5.41, 5.74) is 0. The van der Waals surface area contributed by atoms with E-state index in [1.165, 1.54) is 0 Å². The molecule has 0 aromatic rings. The van der Waals surface area contributed by atoms with Gasteiger partial charge in [-0.05, 0) is 6.42 Å². The van der Waals surface area contributed by atoms with Gasteiger partial charge in [-0.1, -0.05) is 19.8 Å². The zero-order chi connectivity index (χ0) is 8.20. The van der Waals surface area contributed by atoms with Crippen LogP contribution < -0.4 is 0 Å². The van der Waals surface area contributed by atoms with E-state index in [2.05, 4.69) is 0 Å². The lowest BCUT2D eigenvalue weighted by Gasteiger charge is -2.12. The van der Waals surface area contributed by atoms with Crippen molar-refractivity contribution in [3.8, 4) is 0 Å². The molecule has 11 heavy (non-hydrogen) atoms. The Hall–Kier alpha value is 0.0400. The second-order valence-corrected chi connectivity index (χ2v) is 2.20. The van der Waals surface area contributed by atoms with Gasteiger partial charge in [0.25, 0.3) is 0 Å². The van der Waals surface area contributed by atoms with Crippen LogP contribution in [0.5, 0.6) is 0 Å². The Morgan fingerprint density at radius 2 is 1.82 bits per heavy atom. The highest BCUT2D eigenvalue weighted by Crippen LogP contribution is 2.23. The average Bonchev–Trinajstić information content (AvgIpc) is 1.80. The standard InChI is InChI=1S/C6H11F3O.ClH/c1-2-3-4-5(10)6(7,8)9;/h5,10H,2-4H2,1H3;1H. The van der Waals surface area contributed by atoms with Crippen LogP contribution in [-0.4, -0.2) is 17.4 Å². The third kappa shape index (κ3) is 6.44. The van der Waals surface area contributed by atoms with Gasteiger partial charge in [0.1, 0.15) is 6.10 Å². The van der Waals surface area contributed by atoms with Crippen LogP contribution in [-0.2, 0) is 0 Å². The molecule has 0 aliphatic heterocycles. The maximum atomic E-state index is 11.5. The molecule has 0 rings (SSSR count). The monoisotopic (exact) mass is 192 g/mol. The molecule has 0 heterocycles. The van der Waals surface area contributed by atoms with E-state index in [9.17, 15) is 13.2 Å².